The highest BCUT2D eigenvalue weighted by Gasteiger charge is 2.25. The molecule has 30 heavy (non-hydrogen) atoms. The minimum Gasteiger partial charge on any atom is -0.305 e. The van der Waals surface area contributed by atoms with Crippen LogP contribution in [0, 0.1) is 5.82 Å². The molecule has 5 nitrogen and oxygen atoms in total. The van der Waals surface area contributed by atoms with Gasteiger partial charge in [0.1, 0.15) is 15.7 Å². The average Bonchev–Trinajstić information content (AvgIpc) is 3.29. The van der Waals surface area contributed by atoms with Crippen LogP contribution in [0.4, 0.5) is 4.39 Å². The molecule has 160 valence electrons. The summed E-state index contributed by atoms with van der Waals surface area (Å²) in [5.74, 6) is -1.24. The fraction of sp³-hybridized carbons (Fsp3) is 0.435. The zero-order valence-corrected chi connectivity index (χ0v) is 18.4. The number of fused-ring (bicyclic) bond motifs is 2. The van der Waals surface area contributed by atoms with Gasteiger partial charge in [-0.15, -0.1) is 4.36 Å². The number of carbonyl (C=O) groups excluding carboxylic acids is 1. The van der Waals surface area contributed by atoms with Crippen molar-refractivity contribution in [3.05, 3.63) is 63.5 Å². The fourth-order valence-corrected chi connectivity index (χ4v) is 5.84. The summed E-state index contributed by atoms with van der Waals surface area (Å²) in [5, 5.41) is 5.86. The normalized spacial score (nSPS) is 17.0. The SMILES string of the molecule is CN(C)Cc1ccc(S(N)(=O)=NC(=O)Cc2c3c(cc4c2CCC4)CCC3)c(F)c1. The zero-order chi connectivity index (χ0) is 21.5. The van der Waals surface area contributed by atoms with E-state index in [1.807, 2.05) is 19.0 Å². The lowest BCUT2D eigenvalue weighted by atomic mass is 9.92. The number of rotatable bonds is 5. The van der Waals surface area contributed by atoms with Crippen molar-refractivity contribution in [3.63, 3.8) is 0 Å². The second kappa shape index (κ2) is 8.21. The molecule has 0 spiro atoms. The first-order valence-electron chi connectivity index (χ1n) is 10.4. The summed E-state index contributed by atoms with van der Waals surface area (Å²) < 4.78 is 31.3. The van der Waals surface area contributed by atoms with Gasteiger partial charge in [0.2, 0.25) is 0 Å². The highest BCUT2D eigenvalue weighted by atomic mass is 32.2. The first kappa shape index (κ1) is 21.2. The molecule has 0 saturated heterocycles. The van der Waals surface area contributed by atoms with Crippen LogP contribution < -0.4 is 5.14 Å². The van der Waals surface area contributed by atoms with E-state index in [0.717, 1.165) is 49.7 Å². The van der Waals surface area contributed by atoms with Gasteiger partial charge in [-0.05, 0) is 98.1 Å². The number of nitrogens with zero attached hydrogens (tertiary/aromatic N) is 2. The summed E-state index contributed by atoms with van der Waals surface area (Å²) >= 11 is 0. The molecule has 0 bridgehead atoms. The van der Waals surface area contributed by atoms with Crippen molar-refractivity contribution < 1.29 is 13.4 Å². The van der Waals surface area contributed by atoms with E-state index >= 15 is 0 Å². The molecular formula is C23H28FN3O2S. The van der Waals surface area contributed by atoms with Gasteiger partial charge < -0.3 is 4.90 Å². The van der Waals surface area contributed by atoms with Gasteiger partial charge in [-0.1, -0.05) is 12.1 Å². The summed E-state index contributed by atoms with van der Waals surface area (Å²) in [6.07, 6.45) is 6.28. The van der Waals surface area contributed by atoms with Crippen molar-refractivity contribution in [2.75, 3.05) is 14.1 Å². The van der Waals surface area contributed by atoms with Crippen LogP contribution in [-0.4, -0.2) is 29.1 Å². The quantitative estimate of drug-likeness (QED) is 0.792. The van der Waals surface area contributed by atoms with E-state index in [-0.39, 0.29) is 11.3 Å². The van der Waals surface area contributed by atoms with E-state index < -0.39 is 21.6 Å². The van der Waals surface area contributed by atoms with Crippen LogP contribution in [0.15, 0.2) is 33.5 Å². The van der Waals surface area contributed by atoms with Crippen LogP contribution in [-0.2, 0) is 53.4 Å². The molecule has 2 aliphatic rings. The van der Waals surface area contributed by atoms with Crippen molar-refractivity contribution in [2.24, 2.45) is 9.50 Å². The topological polar surface area (TPSA) is 75.8 Å². The maximum absolute atomic E-state index is 14.6. The van der Waals surface area contributed by atoms with Gasteiger partial charge in [0, 0.05) is 6.54 Å². The van der Waals surface area contributed by atoms with E-state index in [1.165, 1.54) is 34.4 Å². The molecule has 7 heteroatoms. The number of carbonyl (C=O) groups is 1. The van der Waals surface area contributed by atoms with Gasteiger partial charge in [0.15, 0.2) is 0 Å². The zero-order valence-electron chi connectivity index (χ0n) is 17.5. The lowest BCUT2D eigenvalue weighted by Gasteiger charge is -2.14. The Hall–Kier alpha value is -2.09. The summed E-state index contributed by atoms with van der Waals surface area (Å²) in [6.45, 7) is 0.545. The molecule has 0 radical (unpaired) electrons. The number of benzene rings is 2. The van der Waals surface area contributed by atoms with Gasteiger partial charge in [-0.25, -0.2) is 13.7 Å². The summed E-state index contributed by atoms with van der Waals surface area (Å²) in [6, 6.07) is 6.65. The molecule has 2 aromatic carbocycles. The second-order valence-electron chi connectivity index (χ2n) is 8.57. The van der Waals surface area contributed by atoms with Crippen LogP contribution in [0.25, 0.3) is 0 Å². The Labute approximate surface area is 177 Å². The van der Waals surface area contributed by atoms with Crippen LogP contribution in [0.5, 0.6) is 0 Å². The third-order valence-electron chi connectivity index (χ3n) is 5.97. The third-order valence-corrected chi connectivity index (χ3v) is 7.41. The second-order valence-corrected chi connectivity index (χ2v) is 10.3. The highest BCUT2D eigenvalue weighted by Crippen LogP contribution is 2.35. The minimum absolute atomic E-state index is 0.0834. The van der Waals surface area contributed by atoms with E-state index in [4.69, 9.17) is 5.14 Å². The Kier molecular flexibility index (Phi) is 5.79. The van der Waals surface area contributed by atoms with Gasteiger partial charge in [-0.2, -0.15) is 0 Å². The molecule has 2 aromatic rings. The predicted molar refractivity (Wildman–Crippen MR) is 116 cm³/mol. The molecule has 0 aliphatic heterocycles. The number of hydrogen-bond acceptors (Lipinski definition) is 3. The van der Waals surface area contributed by atoms with E-state index in [1.54, 1.807) is 6.07 Å². The molecule has 2 N–H and O–H groups in total. The number of nitrogens with two attached hydrogens (primary N) is 1. The Morgan fingerprint density at radius 2 is 1.73 bits per heavy atom. The Morgan fingerprint density at radius 1 is 1.10 bits per heavy atom. The predicted octanol–water partition coefficient (Wildman–Crippen LogP) is 3.33. The largest absolute Gasteiger partial charge is 0.305 e. The molecular weight excluding hydrogens is 401 g/mol. The molecule has 1 amide bonds. The van der Waals surface area contributed by atoms with Crippen LogP contribution in [0.1, 0.15) is 46.2 Å². The number of halogens is 1. The maximum atomic E-state index is 14.6. The van der Waals surface area contributed by atoms with Crippen molar-refractivity contribution in [3.8, 4) is 0 Å². The molecule has 0 saturated carbocycles. The van der Waals surface area contributed by atoms with Crippen molar-refractivity contribution in [2.45, 2.75) is 56.4 Å². The summed E-state index contributed by atoms with van der Waals surface area (Å²) in [4.78, 5) is 14.5. The number of hydrogen-bond donors (Lipinski definition) is 1. The molecule has 4 rings (SSSR count). The lowest BCUT2D eigenvalue weighted by Crippen LogP contribution is -2.18. The Balaban J connectivity index is 1.63. The first-order valence-corrected chi connectivity index (χ1v) is 12.0. The van der Waals surface area contributed by atoms with Crippen molar-refractivity contribution in [1.29, 1.82) is 0 Å². The number of amides is 1. The third kappa shape index (κ3) is 4.19. The number of aryl methyl sites for hydroxylation is 2. The van der Waals surface area contributed by atoms with Crippen molar-refractivity contribution >= 4 is 15.8 Å². The van der Waals surface area contributed by atoms with E-state index in [9.17, 15) is 13.4 Å². The van der Waals surface area contributed by atoms with Crippen molar-refractivity contribution in [1.82, 2.24) is 4.90 Å². The first-order chi connectivity index (χ1) is 14.2. The molecule has 1 unspecified atom stereocenters. The Bertz CT molecular complexity index is 1100. The molecule has 0 fully saturated rings. The van der Waals surface area contributed by atoms with E-state index in [2.05, 4.69) is 10.4 Å². The monoisotopic (exact) mass is 429 g/mol. The smallest absolute Gasteiger partial charge is 0.259 e. The maximum Gasteiger partial charge on any atom is 0.259 e. The Morgan fingerprint density at radius 3 is 2.30 bits per heavy atom. The van der Waals surface area contributed by atoms with Gasteiger partial charge >= 0.3 is 0 Å². The van der Waals surface area contributed by atoms with Gasteiger partial charge in [-0.3, -0.25) is 4.79 Å². The van der Waals surface area contributed by atoms with Gasteiger partial charge in [0.25, 0.3) is 5.91 Å². The van der Waals surface area contributed by atoms with Crippen LogP contribution >= 0.6 is 0 Å². The van der Waals surface area contributed by atoms with Gasteiger partial charge in [0.05, 0.1) is 11.3 Å². The minimum atomic E-state index is -3.65. The molecule has 1 atom stereocenters. The lowest BCUT2D eigenvalue weighted by molar-refractivity contribution is -0.117. The fourth-order valence-electron chi connectivity index (χ4n) is 4.78. The molecule has 0 aromatic heterocycles. The summed E-state index contributed by atoms with van der Waals surface area (Å²) in [5.41, 5.74) is 6.94. The standard InChI is InChI=1S/C23H28FN3O2S/c1-27(2)14-15-9-10-22(21(24)11-15)30(25,29)26-23(28)13-20-18-7-3-5-16(18)12-17-6-4-8-19(17)20/h9-12H,3-8,13-14H2,1-2H3,(H2,25,26,28,29). The van der Waals surface area contributed by atoms with E-state index in [0.29, 0.717) is 6.54 Å². The molecule has 2 aliphatic carbocycles. The highest BCUT2D eigenvalue weighted by molar-refractivity contribution is 7.91. The summed E-state index contributed by atoms with van der Waals surface area (Å²) in [7, 11) is 0.109. The van der Waals surface area contributed by atoms with Crippen LogP contribution in [0.2, 0.25) is 0 Å². The van der Waals surface area contributed by atoms with Crippen LogP contribution in [0.3, 0.4) is 0 Å². The molecule has 0 heterocycles. The average molecular weight is 430 g/mol.